The van der Waals surface area contributed by atoms with Gasteiger partial charge in [0.2, 0.25) is 0 Å². The lowest BCUT2D eigenvalue weighted by molar-refractivity contribution is -0.307. The summed E-state index contributed by atoms with van der Waals surface area (Å²) < 4.78 is 31.7. The quantitative estimate of drug-likeness (QED) is 0.128. The van der Waals surface area contributed by atoms with Gasteiger partial charge in [-0.05, 0) is 5.53 Å². The van der Waals surface area contributed by atoms with Crippen LogP contribution in [0.15, 0.2) is 5.11 Å². The molecular weight excluding hydrogens is 394 g/mol. The van der Waals surface area contributed by atoms with Crippen LogP contribution in [0.1, 0.15) is 27.7 Å². The Balaban J connectivity index is 3.22. The van der Waals surface area contributed by atoms with Crippen molar-refractivity contribution in [1.29, 1.82) is 0 Å². The van der Waals surface area contributed by atoms with Crippen molar-refractivity contribution in [2.24, 2.45) is 5.11 Å². The molecule has 29 heavy (non-hydrogen) atoms. The van der Waals surface area contributed by atoms with Gasteiger partial charge in [0.25, 0.3) is 0 Å². The topological polar surface area (TPSA) is 172 Å². The molecule has 2 unspecified atom stereocenters. The molecule has 0 aromatic heterocycles. The Morgan fingerprint density at radius 3 is 1.97 bits per heavy atom. The predicted octanol–water partition coefficient (Wildman–Crippen LogP) is 0.396. The van der Waals surface area contributed by atoms with Gasteiger partial charge in [-0.25, -0.2) is 0 Å². The fourth-order valence-corrected chi connectivity index (χ4v) is 2.58. The smallest absolute Gasteiger partial charge is 0.303 e. The van der Waals surface area contributed by atoms with Gasteiger partial charge < -0.3 is 28.4 Å². The van der Waals surface area contributed by atoms with Crippen LogP contribution >= 0.6 is 0 Å². The van der Waals surface area contributed by atoms with Gasteiger partial charge in [-0.1, -0.05) is 5.11 Å². The fraction of sp³-hybridized carbons (Fsp3) is 0.750. The third-order valence-corrected chi connectivity index (χ3v) is 3.48. The summed E-state index contributed by atoms with van der Waals surface area (Å²) in [6.45, 7) is 4.01. The van der Waals surface area contributed by atoms with E-state index in [0.717, 1.165) is 20.8 Å². The van der Waals surface area contributed by atoms with E-state index in [1.807, 2.05) is 0 Å². The minimum atomic E-state index is -1.31. The monoisotopic (exact) mass is 417 g/mol. The second-order valence-corrected chi connectivity index (χ2v) is 5.89. The van der Waals surface area contributed by atoms with Gasteiger partial charge in [-0.2, -0.15) is 0 Å². The van der Waals surface area contributed by atoms with Crippen LogP contribution in [0.3, 0.4) is 0 Å². The SMILES string of the molecule is CC(=O)OCC1O[C@@H](OCCN=[N+]=[N-])[C@@H](OC(C)=O)C(OC(C)=O)[C@H]1OC(C)=O. The molecule has 1 aliphatic rings. The van der Waals surface area contributed by atoms with E-state index < -0.39 is 54.6 Å². The number of hydrogen-bond acceptors (Lipinski definition) is 11. The lowest BCUT2D eigenvalue weighted by Gasteiger charge is -2.44. The molecule has 0 N–H and O–H groups in total. The molecule has 0 amide bonds. The van der Waals surface area contributed by atoms with Crippen LogP contribution in [0.2, 0.25) is 0 Å². The first kappa shape index (κ1) is 24.1. The lowest BCUT2D eigenvalue weighted by Crippen LogP contribution is -2.63. The number of carbonyl (C=O) groups excluding carboxylic acids is 4. The first-order valence-corrected chi connectivity index (χ1v) is 8.58. The van der Waals surface area contributed by atoms with Crippen molar-refractivity contribution in [3.8, 4) is 0 Å². The highest BCUT2D eigenvalue weighted by atomic mass is 16.7. The average molecular weight is 417 g/mol. The van der Waals surface area contributed by atoms with Crippen LogP contribution in [0, 0.1) is 0 Å². The fourth-order valence-electron chi connectivity index (χ4n) is 2.58. The van der Waals surface area contributed by atoms with Crippen molar-refractivity contribution in [1.82, 2.24) is 0 Å². The summed E-state index contributed by atoms with van der Waals surface area (Å²) in [6.07, 6.45) is -6.25. The molecule has 0 spiro atoms. The van der Waals surface area contributed by atoms with Crippen molar-refractivity contribution in [3.63, 3.8) is 0 Å². The van der Waals surface area contributed by atoms with Crippen molar-refractivity contribution in [2.75, 3.05) is 19.8 Å². The summed E-state index contributed by atoms with van der Waals surface area (Å²) in [5, 5.41) is 3.31. The molecule has 0 aliphatic carbocycles. The lowest BCUT2D eigenvalue weighted by atomic mass is 9.98. The molecular formula is C16H23N3O10. The van der Waals surface area contributed by atoms with E-state index in [1.165, 1.54) is 6.92 Å². The van der Waals surface area contributed by atoms with E-state index in [9.17, 15) is 19.2 Å². The van der Waals surface area contributed by atoms with E-state index >= 15 is 0 Å². The zero-order chi connectivity index (χ0) is 22.0. The maximum atomic E-state index is 11.6. The second kappa shape index (κ2) is 11.8. The summed E-state index contributed by atoms with van der Waals surface area (Å²) in [6, 6.07) is 0. The number of carbonyl (C=O) groups is 4. The van der Waals surface area contributed by atoms with Crippen molar-refractivity contribution in [3.05, 3.63) is 10.4 Å². The summed E-state index contributed by atoms with van der Waals surface area (Å²) in [5.74, 6) is -2.83. The zero-order valence-corrected chi connectivity index (χ0v) is 16.4. The van der Waals surface area contributed by atoms with E-state index in [2.05, 4.69) is 10.0 Å². The highest BCUT2D eigenvalue weighted by Crippen LogP contribution is 2.29. The molecule has 1 fully saturated rings. The van der Waals surface area contributed by atoms with Gasteiger partial charge in [0.05, 0.1) is 6.61 Å². The Hall–Kier alpha value is -2.89. The number of azide groups is 1. The van der Waals surface area contributed by atoms with Gasteiger partial charge in [0.15, 0.2) is 24.6 Å². The van der Waals surface area contributed by atoms with Crippen LogP contribution in [0.25, 0.3) is 10.4 Å². The molecule has 0 aromatic carbocycles. The average Bonchev–Trinajstić information content (AvgIpc) is 2.60. The van der Waals surface area contributed by atoms with E-state index in [1.54, 1.807) is 0 Å². The Labute approximate surface area is 166 Å². The van der Waals surface area contributed by atoms with E-state index in [4.69, 9.17) is 34.0 Å². The highest BCUT2D eigenvalue weighted by Gasteiger charge is 2.52. The first-order valence-electron chi connectivity index (χ1n) is 8.58. The van der Waals surface area contributed by atoms with Crippen molar-refractivity contribution >= 4 is 23.9 Å². The third kappa shape index (κ3) is 8.34. The predicted molar refractivity (Wildman–Crippen MR) is 91.9 cm³/mol. The summed E-state index contributed by atoms with van der Waals surface area (Å²) in [4.78, 5) is 48.5. The Bertz CT molecular complexity index is 663. The van der Waals surface area contributed by atoms with Gasteiger partial charge in [-0.15, -0.1) is 0 Å². The van der Waals surface area contributed by atoms with Crippen molar-refractivity contribution in [2.45, 2.75) is 58.4 Å². The van der Waals surface area contributed by atoms with Gasteiger partial charge >= 0.3 is 23.9 Å². The molecule has 13 heteroatoms. The van der Waals surface area contributed by atoms with Crippen LogP contribution in [-0.2, 0) is 47.6 Å². The molecule has 1 heterocycles. The molecule has 5 atom stereocenters. The number of nitrogens with zero attached hydrogens (tertiary/aromatic N) is 3. The molecule has 0 radical (unpaired) electrons. The molecule has 0 saturated carbocycles. The number of rotatable bonds is 9. The van der Waals surface area contributed by atoms with Crippen molar-refractivity contribution < 1.29 is 47.6 Å². The third-order valence-electron chi connectivity index (χ3n) is 3.48. The molecule has 0 bridgehead atoms. The Morgan fingerprint density at radius 2 is 1.45 bits per heavy atom. The molecule has 1 saturated heterocycles. The molecule has 13 nitrogen and oxygen atoms in total. The largest absolute Gasteiger partial charge is 0.463 e. The Kier molecular flexibility index (Phi) is 9.86. The van der Waals surface area contributed by atoms with Gasteiger partial charge in [0, 0.05) is 39.2 Å². The minimum absolute atomic E-state index is 0.0522. The molecule has 0 aromatic rings. The highest BCUT2D eigenvalue weighted by molar-refractivity contribution is 5.68. The minimum Gasteiger partial charge on any atom is -0.463 e. The molecule has 1 aliphatic heterocycles. The maximum absolute atomic E-state index is 11.6. The van der Waals surface area contributed by atoms with Crippen LogP contribution < -0.4 is 0 Å². The molecule has 162 valence electrons. The van der Waals surface area contributed by atoms with Crippen LogP contribution in [0.5, 0.6) is 0 Å². The summed E-state index contributed by atoms with van der Waals surface area (Å²) in [7, 11) is 0. The van der Waals surface area contributed by atoms with Crippen LogP contribution in [-0.4, -0.2) is 74.3 Å². The van der Waals surface area contributed by atoms with Crippen LogP contribution in [0.4, 0.5) is 0 Å². The Morgan fingerprint density at radius 1 is 0.897 bits per heavy atom. The normalized spacial score (nSPS) is 25.9. The van der Waals surface area contributed by atoms with Gasteiger partial charge in [-0.3, -0.25) is 19.2 Å². The second-order valence-electron chi connectivity index (χ2n) is 5.89. The number of esters is 4. The number of ether oxygens (including phenoxy) is 6. The summed E-state index contributed by atoms with van der Waals surface area (Å²) >= 11 is 0. The van der Waals surface area contributed by atoms with E-state index in [-0.39, 0.29) is 19.8 Å². The van der Waals surface area contributed by atoms with Gasteiger partial charge in [0.1, 0.15) is 12.7 Å². The number of hydrogen-bond donors (Lipinski definition) is 0. The van der Waals surface area contributed by atoms with E-state index in [0.29, 0.717) is 0 Å². The first-order chi connectivity index (χ1) is 13.6. The zero-order valence-electron chi connectivity index (χ0n) is 16.4. The molecule has 1 rings (SSSR count). The maximum Gasteiger partial charge on any atom is 0.303 e. The summed E-state index contributed by atoms with van der Waals surface area (Å²) in [5.41, 5.74) is 8.35. The standard InChI is InChI=1S/C16H23N3O10/c1-8(20)25-7-12-13(26-9(2)21)14(27-10(3)22)15(28-11(4)23)16(29-12)24-6-5-18-19-17/h12-16H,5-7H2,1-4H3/t12?,13-,14?,15-,16+/m0/s1.